The molecule has 1 atom stereocenters. The molecule has 1 saturated heterocycles. The van der Waals surface area contributed by atoms with Gasteiger partial charge in [0.05, 0.1) is 0 Å². The number of rotatable bonds is 4. The molecule has 3 rings (SSSR count). The predicted molar refractivity (Wildman–Crippen MR) is 111 cm³/mol. The standard InChI is InChI=1S/C22H30N2O5/c1-14-18(25)9-8-17-15(11-19(26)28-20(14)17)13-24-10-6-5-7-16(24)12-23-21(27)29-22(2,3)4/h8-9,11,16,25H,5-7,10,12-13H2,1-4H3,(H,23,27). The van der Waals surface area contributed by atoms with Gasteiger partial charge in [-0.15, -0.1) is 0 Å². The molecule has 1 aliphatic rings. The zero-order valence-electron chi connectivity index (χ0n) is 17.6. The van der Waals surface area contributed by atoms with Crippen LogP contribution >= 0.6 is 0 Å². The molecule has 0 bridgehead atoms. The molecule has 0 radical (unpaired) electrons. The van der Waals surface area contributed by atoms with Gasteiger partial charge < -0.3 is 19.6 Å². The number of phenols is 1. The number of ether oxygens (including phenoxy) is 1. The number of nitrogens with one attached hydrogen (secondary N) is 1. The molecular formula is C22H30N2O5. The van der Waals surface area contributed by atoms with Crippen molar-refractivity contribution in [3.8, 4) is 5.75 Å². The van der Waals surface area contributed by atoms with Gasteiger partial charge in [-0.05, 0) is 64.8 Å². The topological polar surface area (TPSA) is 92.0 Å². The first-order valence-electron chi connectivity index (χ1n) is 10.1. The normalized spacial score (nSPS) is 18.0. The summed E-state index contributed by atoms with van der Waals surface area (Å²) in [4.78, 5) is 26.4. The molecule has 1 aliphatic heterocycles. The number of amides is 1. The fourth-order valence-electron chi connectivity index (χ4n) is 3.78. The average Bonchev–Trinajstić information content (AvgIpc) is 2.63. The number of aryl methyl sites for hydroxylation is 1. The smallest absolute Gasteiger partial charge is 0.407 e. The van der Waals surface area contributed by atoms with E-state index >= 15 is 0 Å². The maximum atomic E-state index is 12.1. The van der Waals surface area contributed by atoms with Crippen LogP contribution < -0.4 is 10.9 Å². The highest BCUT2D eigenvalue weighted by Crippen LogP contribution is 2.29. The second kappa shape index (κ2) is 8.45. The Kier molecular flexibility index (Phi) is 6.17. The third-order valence-corrected chi connectivity index (χ3v) is 5.22. The minimum Gasteiger partial charge on any atom is -0.508 e. The number of fused-ring (bicyclic) bond motifs is 1. The predicted octanol–water partition coefficient (Wildman–Crippen LogP) is 3.69. The number of nitrogens with zero attached hydrogens (tertiary/aromatic N) is 1. The lowest BCUT2D eigenvalue weighted by Gasteiger charge is -2.36. The maximum Gasteiger partial charge on any atom is 0.407 e. The first-order chi connectivity index (χ1) is 13.6. The number of piperidine rings is 1. The number of hydrogen-bond acceptors (Lipinski definition) is 6. The van der Waals surface area contributed by atoms with Gasteiger partial charge in [-0.25, -0.2) is 9.59 Å². The van der Waals surface area contributed by atoms with Crippen LogP contribution in [0.1, 0.15) is 51.2 Å². The van der Waals surface area contributed by atoms with E-state index in [2.05, 4.69) is 10.2 Å². The van der Waals surface area contributed by atoms with E-state index in [1.807, 2.05) is 20.8 Å². The van der Waals surface area contributed by atoms with E-state index in [9.17, 15) is 14.7 Å². The number of hydrogen-bond donors (Lipinski definition) is 2. The first-order valence-corrected chi connectivity index (χ1v) is 10.1. The number of carbonyl (C=O) groups is 1. The summed E-state index contributed by atoms with van der Waals surface area (Å²) in [5.74, 6) is 0.107. The number of likely N-dealkylation sites (tertiary alicyclic amines) is 1. The molecule has 29 heavy (non-hydrogen) atoms. The molecule has 1 fully saturated rings. The molecule has 7 nitrogen and oxygen atoms in total. The number of benzene rings is 1. The van der Waals surface area contributed by atoms with Gasteiger partial charge in [0.2, 0.25) is 0 Å². The number of phenolic OH excluding ortho intramolecular Hbond substituents is 1. The van der Waals surface area contributed by atoms with Gasteiger partial charge in [0.1, 0.15) is 16.9 Å². The molecular weight excluding hydrogens is 372 g/mol. The Balaban J connectivity index is 1.78. The van der Waals surface area contributed by atoms with Gasteiger partial charge >= 0.3 is 11.7 Å². The van der Waals surface area contributed by atoms with Crippen LogP contribution in [0.5, 0.6) is 5.75 Å². The SMILES string of the molecule is Cc1c(O)ccc2c(CN3CCCCC3CNC(=O)OC(C)(C)C)cc(=O)oc12. The van der Waals surface area contributed by atoms with Gasteiger partial charge in [0.15, 0.2) is 0 Å². The average molecular weight is 402 g/mol. The summed E-state index contributed by atoms with van der Waals surface area (Å²) in [5.41, 5.74) is 0.887. The summed E-state index contributed by atoms with van der Waals surface area (Å²) in [6, 6.07) is 5.09. The fourth-order valence-corrected chi connectivity index (χ4v) is 3.78. The first kappa shape index (κ1) is 21.2. The van der Waals surface area contributed by atoms with Crippen molar-refractivity contribution in [2.75, 3.05) is 13.1 Å². The Bertz CT molecular complexity index is 945. The molecule has 1 unspecified atom stereocenters. The van der Waals surface area contributed by atoms with E-state index in [1.54, 1.807) is 19.1 Å². The van der Waals surface area contributed by atoms with Crippen molar-refractivity contribution in [1.29, 1.82) is 0 Å². The molecule has 2 aromatic rings. The summed E-state index contributed by atoms with van der Waals surface area (Å²) < 4.78 is 10.7. The molecule has 158 valence electrons. The Morgan fingerprint density at radius 3 is 2.83 bits per heavy atom. The van der Waals surface area contributed by atoms with Crippen LogP contribution in [-0.4, -0.2) is 40.8 Å². The van der Waals surface area contributed by atoms with Crippen LogP contribution in [0.3, 0.4) is 0 Å². The van der Waals surface area contributed by atoms with Crippen molar-refractivity contribution in [3.63, 3.8) is 0 Å². The van der Waals surface area contributed by atoms with Crippen molar-refractivity contribution < 1.29 is 19.1 Å². The van der Waals surface area contributed by atoms with Gasteiger partial charge in [-0.1, -0.05) is 6.42 Å². The van der Waals surface area contributed by atoms with Crippen molar-refractivity contribution in [2.24, 2.45) is 0 Å². The van der Waals surface area contributed by atoms with Gasteiger partial charge in [-0.3, -0.25) is 4.90 Å². The lowest BCUT2D eigenvalue weighted by Crippen LogP contribution is -2.47. The molecule has 1 aromatic carbocycles. The molecule has 7 heteroatoms. The lowest BCUT2D eigenvalue weighted by atomic mass is 9.99. The van der Waals surface area contributed by atoms with E-state index in [0.29, 0.717) is 24.2 Å². The van der Waals surface area contributed by atoms with Crippen molar-refractivity contribution in [1.82, 2.24) is 10.2 Å². The molecule has 2 N–H and O–H groups in total. The highest BCUT2D eigenvalue weighted by Gasteiger charge is 2.25. The maximum absolute atomic E-state index is 12.1. The zero-order chi connectivity index (χ0) is 21.2. The summed E-state index contributed by atoms with van der Waals surface area (Å²) in [7, 11) is 0. The number of aromatic hydroxyl groups is 1. The second-order valence-corrected chi connectivity index (χ2v) is 8.68. The summed E-state index contributed by atoms with van der Waals surface area (Å²) in [5, 5.41) is 13.6. The largest absolute Gasteiger partial charge is 0.508 e. The molecule has 1 aromatic heterocycles. The molecule has 0 aliphatic carbocycles. The van der Waals surface area contributed by atoms with E-state index in [-0.39, 0.29) is 11.8 Å². The Morgan fingerprint density at radius 1 is 1.34 bits per heavy atom. The Hall–Kier alpha value is -2.54. The molecule has 2 heterocycles. The highest BCUT2D eigenvalue weighted by atomic mass is 16.6. The summed E-state index contributed by atoms with van der Waals surface area (Å²) in [6.45, 7) is 9.21. The van der Waals surface area contributed by atoms with Crippen LogP contribution in [0.4, 0.5) is 4.79 Å². The summed E-state index contributed by atoms with van der Waals surface area (Å²) >= 11 is 0. The van der Waals surface area contributed by atoms with Crippen LogP contribution in [0.25, 0.3) is 11.0 Å². The monoisotopic (exact) mass is 402 g/mol. The van der Waals surface area contributed by atoms with E-state index in [4.69, 9.17) is 9.15 Å². The Labute approximate surface area is 170 Å². The van der Waals surface area contributed by atoms with Crippen molar-refractivity contribution >= 4 is 17.1 Å². The second-order valence-electron chi connectivity index (χ2n) is 8.68. The quantitative estimate of drug-likeness (QED) is 0.758. The molecule has 0 spiro atoms. The number of carbonyl (C=O) groups excluding carboxylic acids is 1. The lowest BCUT2D eigenvalue weighted by molar-refractivity contribution is 0.0492. The molecule has 1 amide bonds. The minimum atomic E-state index is -0.531. The van der Waals surface area contributed by atoms with Crippen molar-refractivity contribution in [3.05, 3.63) is 39.7 Å². The minimum absolute atomic E-state index is 0.107. The van der Waals surface area contributed by atoms with Gasteiger partial charge in [-0.2, -0.15) is 0 Å². The van der Waals surface area contributed by atoms with E-state index < -0.39 is 17.3 Å². The van der Waals surface area contributed by atoms with E-state index in [0.717, 1.165) is 36.8 Å². The third-order valence-electron chi connectivity index (χ3n) is 5.22. The van der Waals surface area contributed by atoms with Crippen LogP contribution in [0, 0.1) is 6.92 Å². The highest BCUT2D eigenvalue weighted by molar-refractivity contribution is 5.84. The fraction of sp³-hybridized carbons (Fsp3) is 0.545. The van der Waals surface area contributed by atoms with Crippen LogP contribution in [0.15, 0.2) is 27.4 Å². The third kappa shape index (κ3) is 5.29. The van der Waals surface area contributed by atoms with Crippen LogP contribution in [0.2, 0.25) is 0 Å². The van der Waals surface area contributed by atoms with Crippen LogP contribution in [-0.2, 0) is 11.3 Å². The van der Waals surface area contributed by atoms with E-state index in [1.165, 1.54) is 6.07 Å². The number of alkyl carbamates (subject to hydrolysis) is 1. The van der Waals surface area contributed by atoms with Gasteiger partial charge in [0.25, 0.3) is 0 Å². The van der Waals surface area contributed by atoms with Crippen molar-refractivity contribution in [2.45, 2.75) is 65.1 Å². The zero-order valence-corrected chi connectivity index (χ0v) is 17.6. The van der Waals surface area contributed by atoms with Gasteiger partial charge in [0, 0.05) is 36.1 Å². The molecule has 0 saturated carbocycles. The Morgan fingerprint density at radius 2 is 2.10 bits per heavy atom. The summed E-state index contributed by atoms with van der Waals surface area (Å²) in [6.07, 6.45) is 2.72.